The summed E-state index contributed by atoms with van der Waals surface area (Å²) in [7, 11) is 0. The number of hydrogen-bond donors (Lipinski definition) is 1. The highest BCUT2D eigenvalue weighted by Gasteiger charge is 2.03. The Morgan fingerprint density at radius 1 is 1.32 bits per heavy atom. The van der Waals surface area contributed by atoms with Crippen LogP contribution in [0.25, 0.3) is 6.08 Å². The van der Waals surface area contributed by atoms with Gasteiger partial charge in [-0.1, -0.05) is 6.07 Å². The molecule has 1 heterocycles. The molecule has 1 N–H and O–H groups in total. The number of carbonyl (C=O) groups is 1. The first-order valence-corrected chi connectivity index (χ1v) is 5.55. The third kappa shape index (κ3) is 3.92. The minimum absolute atomic E-state index is 0.215. The fourth-order valence-corrected chi connectivity index (χ4v) is 1.36. The molecular weight excluding hydrogens is 247 g/mol. The molecule has 0 saturated carbocycles. The predicted octanol–water partition coefficient (Wildman–Crippen LogP) is 2.85. The van der Waals surface area contributed by atoms with E-state index in [0.717, 1.165) is 6.07 Å². The molecule has 96 valence electrons. The Balaban J connectivity index is 1.87. The molecule has 0 unspecified atom stereocenters. The van der Waals surface area contributed by atoms with Gasteiger partial charge in [-0.05, 0) is 42.5 Å². The highest BCUT2D eigenvalue weighted by molar-refractivity contribution is 5.94. The molecule has 2 aromatic rings. The molecule has 0 spiro atoms. The lowest BCUT2D eigenvalue weighted by molar-refractivity contribution is 0.0954. The van der Waals surface area contributed by atoms with Crippen molar-refractivity contribution in [3.63, 3.8) is 0 Å². The second kappa shape index (κ2) is 6.30. The second-order valence-electron chi connectivity index (χ2n) is 3.60. The van der Waals surface area contributed by atoms with Crippen LogP contribution in [0.4, 0.5) is 4.39 Å². The van der Waals surface area contributed by atoms with Crippen molar-refractivity contribution < 1.29 is 13.6 Å². The van der Waals surface area contributed by atoms with E-state index < -0.39 is 11.7 Å². The lowest BCUT2D eigenvalue weighted by Gasteiger charge is -1.98. The fraction of sp³-hybridized carbons (Fsp3) is 0. The van der Waals surface area contributed by atoms with Gasteiger partial charge >= 0.3 is 0 Å². The molecule has 4 nitrogen and oxygen atoms in total. The van der Waals surface area contributed by atoms with Crippen molar-refractivity contribution in [2.45, 2.75) is 0 Å². The lowest BCUT2D eigenvalue weighted by Crippen LogP contribution is -2.17. The van der Waals surface area contributed by atoms with Crippen LogP contribution in [0.1, 0.15) is 16.1 Å². The van der Waals surface area contributed by atoms with Gasteiger partial charge in [-0.15, -0.1) is 0 Å². The predicted molar refractivity (Wildman–Crippen MR) is 70.1 cm³/mol. The first-order chi connectivity index (χ1) is 9.25. The van der Waals surface area contributed by atoms with Gasteiger partial charge in [0.2, 0.25) is 0 Å². The van der Waals surface area contributed by atoms with Gasteiger partial charge < -0.3 is 4.42 Å². The fourth-order valence-electron chi connectivity index (χ4n) is 1.36. The van der Waals surface area contributed by atoms with Crippen molar-refractivity contribution >= 4 is 18.2 Å². The van der Waals surface area contributed by atoms with E-state index >= 15 is 0 Å². The molecule has 5 heteroatoms. The van der Waals surface area contributed by atoms with Crippen molar-refractivity contribution in [2.75, 3.05) is 0 Å². The van der Waals surface area contributed by atoms with E-state index in [1.54, 1.807) is 30.5 Å². The van der Waals surface area contributed by atoms with Crippen molar-refractivity contribution in [3.05, 3.63) is 65.9 Å². The van der Waals surface area contributed by atoms with Crippen LogP contribution in [0, 0.1) is 5.82 Å². The van der Waals surface area contributed by atoms with E-state index in [1.807, 2.05) is 0 Å². The third-order valence-corrected chi connectivity index (χ3v) is 2.22. The molecule has 2 rings (SSSR count). The smallest absolute Gasteiger partial charge is 0.271 e. The molecule has 0 atom stereocenters. The number of amides is 1. The topological polar surface area (TPSA) is 54.6 Å². The third-order valence-electron chi connectivity index (χ3n) is 2.22. The van der Waals surface area contributed by atoms with Gasteiger partial charge in [0.15, 0.2) is 0 Å². The molecule has 19 heavy (non-hydrogen) atoms. The van der Waals surface area contributed by atoms with Gasteiger partial charge in [-0.2, -0.15) is 5.10 Å². The zero-order valence-electron chi connectivity index (χ0n) is 9.92. The summed E-state index contributed by atoms with van der Waals surface area (Å²) in [4.78, 5) is 11.6. The van der Waals surface area contributed by atoms with Crippen LogP contribution in [-0.4, -0.2) is 12.1 Å². The van der Waals surface area contributed by atoms with Gasteiger partial charge in [0.25, 0.3) is 5.91 Å². The van der Waals surface area contributed by atoms with Crippen molar-refractivity contribution in [1.29, 1.82) is 0 Å². The molecule has 0 radical (unpaired) electrons. The summed E-state index contributed by atoms with van der Waals surface area (Å²) in [6.07, 6.45) is 6.27. The number of benzene rings is 1. The summed E-state index contributed by atoms with van der Waals surface area (Å²) in [5, 5.41) is 3.70. The van der Waals surface area contributed by atoms with Gasteiger partial charge in [-0.3, -0.25) is 4.79 Å². The summed E-state index contributed by atoms with van der Waals surface area (Å²) in [5.74, 6) is -0.251. The van der Waals surface area contributed by atoms with Gasteiger partial charge in [0.1, 0.15) is 11.6 Å². The maximum absolute atomic E-state index is 12.9. The Kier molecular flexibility index (Phi) is 4.23. The van der Waals surface area contributed by atoms with Crippen molar-refractivity contribution in [3.8, 4) is 0 Å². The summed E-state index contributed by atoms with van der Waals surface area (Å²) >= 11 is 0. The second-order valence-corrected chi connectivity index (χ2v) is 3.60. The van der Waals surface area contributed by atoms with Gasteiger partial charge in [-0.25, -0.2) is 9.82 Å². The number of furan rings is 1. The maximum atomic E-state index is 12.9. The highest BCUT2D eigenvalue weighted by atomic mass is 19.1. The molecule has 0 fully saturated rings. The largest absolute Gasteiger partial charge is 0.465 e. The standard InChI is InChI=1S/C14H11FN2O2/c15-12-5-1-4-11(10-12)14(18)17-16-8-2-6-13-7-3-9-19-13/h1-10H,(H,17,18)/b6-2+,16-8+. The molecule has 0 aliphatic heterocycles. The molecule has 1 amide bonds. The Morgan fingerprint density at radius 2 is 2.21 bits per heavy atom. The number of halogens is 1. The number of hydrogen-bond acceptors (Lipinski definition) is 3. The van der Waals surface area contributed by atoms with Crippen molar-refractivity contribution in [1.82, 2.24) is 5.43 Å². The van der Waals surface area contributed by atoms with E-state index in [-0.39, 0.29) is 5.56 Å². The number of nitrogens with zero attached hydrogens (tertiary/aromatic N) is 1. The number of allylic oxidation sites excluding steroid dienone is 1. The highest BCUT2D eigenvalue weighted by Crippen LogP contribution is 2.03. The van der Waals surface area contributed by atoms with Crippen LogP contribution in [0.15, 0.2) is 58.3 Å². The maximum Gasteiger partial charge on any atom is 0.271 e. The zero-order valence-corrected chi connectivity index (χ0v) is 9.92. The molecule has 0 saturated heterocycles. The van der Waals surface area contributed by atoms with E-state index in [0.29, 0.717) is 5.76 Å². The molecule has 0 aliphatic carbocycles. The molecule has 1 aromatic heterocycles. The summed E-state index contributed by atoms with van der Waals surface area (Å²) < 4.78 is 18.0. The van der Waals surface area contributed by atoms with Crippen LogP contribution in [0.5, 0.6) is 0 Å². The summed E-state index contributed by atoms with van der Waals surface area (Å²) in [6.45, 7) is 0. The van der Waals surface area contributed by atoms with Crippen LogP contribution in [-0.2, 0) is 0 Å². The Morgan fingerprint density at radius 3 is 2.95 bits per heavy atom. The Bertz CT molecular complexity index is 604. The zero-order chi connectivity index (χ0) is 13.5. The van der Waals surface area contributed by atoms with E-state index in [4.69, 9.17) is 4.42 Å². The SMILES string of the molecule is O=C(N/N=C/C=C/c1ccco1)c1cccc(F)c1. The minimum Gasteiger partial charge on any atom is -0.465 e. The lowest BCUT2D eigenvalue weighted by atomic mass is 10.2. The van der Waals surface area contributed by atoms with E-state index in [1.165, 1.54) is 24.4 Å². The Hall–Kier alpha value is -2.69. The van der Waals surface area contributed by atoms with Crippen LogP contribution >= 0.6 is 0 Å². The first-order valence-electron chi connectivity index (χ1n) is 5.55. The number of hydrazone groups is 1. The van der Waals surface area contributed by atoms with Gasteiger partial charge in [0, 0.05) is 11.8 Å². The first kappa shape index (κ1) is 12.8. The quantitative estimate of drug-likeness (QED) is 0.677. The van der Waals surface area contributed by atoms with Crippen LogP contribution in [0.2, 0.25) is 0 Å². The molecular formula is C14H11FN2O2. The average molecular weight is 258 g/mol. The number of nitrogens with one attached hydrogen (secondary N) is 1. The molecule has 1 aromatic carbocycles. The summed E-state index contributed by atoms with van der Waals surface area (Å²) in [5.41, 5.74) is 2.50. The van der Waals surface area contributed by atoms with Crippen LogP contribution < -0.4 is 5.43 Å². The normalized spacial score (nSPS) is 11.2. The number of carbonyl (C=O) groups excluding carboxylic acids is 1. The average Bonchev–Trinajstić information content (AvgIpc) is 2.91. The van der Waals surface area contributed by atoms with Gasteiger partial charge in [0.05, 0.1) is 6.26 Å². The summed E-state index contributed by atoms with van der Waals surface area (Å²) in [6, 6.07) is 8.94. The number of rotatable bonds is 4. The molecule has 0 bridgehead atoms. The minimum atomic E-state index is -0.470. The Labute approximate surface area is 109 Å². The molecule has 0 aliphatic rings. The monoisotopic (exact) mass is 258 g/mol. The van der Waals surface area contributed by atoms with E-state index in [2.05, 4.69) is 10.5 Å². The van der Waals surface area contributed by atoms with E-state index in [9.17, 15) is 9.18 Å². The van der Waals surface area contributed by atoms with Crippen LogP contribution in [0.3, 0.4) is 0 Å². The van der Waals surface area contributed by atoms with Crippen molar-refractivity contribution in [2.24, 2.45) is 5.10 Å².